The predicted molar refractivity (Wildman–Crippen MR) is 73.1 cm³/mol. The summed E-state index contributed by atoms with van der Waals surface area (Å²) in [6, 6.07) is 2.99. The van der Waals surface area contributed by atoms with Crippen molar-refractivity contribution < 1.29 is 4.79 Å². The summed E-state index contributed by atoms with van der Waals surface area (Å²) in [5.74, 6) is 0.276. The van der Waals surface area contributed by atoms with E-state index in [0.717, 1.165) is 0 Å². The Balaban J connectivity index is 2.24. The van der Waals surface area contributed by atoms with Gasteiger partial charge >= 0.3 is 0 Å². The molecular formula is C11H11Cl2N5O. The van der Waals surface area contributed by atoms with Gasteiger partial charge < -0.3 is 10.6 Å². The predicted octanol–water partition coefficient (Wildman–Crippen LogP) is 1.97. The largest absolute Gasteiger partial charge is 0.399 e. The molecule has 0 radical (unpaired) electrons. The van der Waals surface area contributed by atoms with Gasteiger partial charge in [0.25, 0.3) is 5.91 Å². The van der Waals surface area contributed by atoms with Crippen LogP contribution in [0.25, 0.3) is 0 Å². The zero-order valence-corrected chi connectivity index (χ0v) is 11.5. The molecule has 0 aliphatic heterocycles. The van der Waals surface area contributed by atoms with Crippen LogP contribution in [-0.2, 0) is 6.54 Å². The number of hydrogen-bond donors (Lipinski definition) is 2. The molecule has 0 fully saturated rings. The molecule has 1 aromatic heterocycles. The second kappa shape index (κ2) is 5.46. The van der Waals surface area contributed by atoms with Crippen molar-refractivity contribution >= 4 is 34.8 Å². The lowest BCUT2D eigenvalue weighted by molar-refractivity contribution is 0.0782. The van der Waals surface area contributed by atoms with E-state index in [1.54, 1.807) is 7.05 Å². The fourth-order valence-corrected chi connectivity index (χ4v) is 1.99. The molecule has 6 nitrogen and oxygen atoms in total. The first-order valence-electron chi connectivity index (χ1n) is 5.33. The summed E-state index contributed by atoms with van der Waals surface area (Å²) in [6.45, 7) is 0.279. The molecule has 1 amide bonds. The van der Waals surface area contributed by atoms with Crippen LogP contribution in [0.3, 0.4) is 0 Å². The van der Waals surface area contributed by atoms with Crippen molar-refractivity contribution in [2.75, 3.05) is 12.8 Å². The van der Waals surface area contributed by atoms with E-state index in [0.29, 0.717) is 11.5 Å². The van der Waals surface area contributed by atoms with Gasteiger partial charge in [0, 0.05) is 12.7 Å². The molecule has 1 aromatic carbocycles. The first-order chi connectivity index (χ1) is 8.99. The van der Waals surface area contributed by atoms with Gasteiger partial charge in [-0.1, -0.05) is 23.2 Å². The van der Waals surface area contributed by atoms with E-state index in [9.17, 15) is 4.79 Å². The average Bonchev–Trinajstić information content (AvgIpc) is 2.85. The molecule has 2 aromatic rings. The van der Waals surface area contributed by atoms with Crippen LogP contribution in [0.2, 0.25) is 10.0 Å². The van der Waals surface area contributed by atoms with Gasteiger partial charge in [0.1, 0.15) is 12.2 Å². The Morgan fingerprint density at radius 2 is 2.21 bits per heavy atom. The SMILES string of the molecule is CN(Cc1ncn[nH]1)C(=O)c1cc(N)cc(Cl)c1Cl. The number of carbonyl (C=O) groups excluding carboxylic acids is 1. The third kappa shape index (κ3) is 2.97. The summed E-state index contributed by atoms with van der Waals surface area (Å²) in [5, 5.41) is 6.82. The van der Waals surface area contributed by atoms with Crippen LogP contribution in [0, 0.1) is 0 Å². The van der Waals surface area contributed by atoms with Crippen LogP contribution < -0.4 is 5.73 Å². The number of carbonyl (C=O) groups is 1. The third-order valence-corrected chi connectivity index (χ3v) is 3.28. The Kier molecular flexibility index (Phi) is 3.92. The van der Waals surface area contributed by atoms with Gasteiger partial charge in [-0.2, -0.15) is 5.10 Å². The minimum atomic E-state index is -0.296. The minimum absolute atomic E-state index is 0.185. The van der Waals surface area contributed by atoms with E-state index < -0.39 is 0 Å². The third-order valence-electron chi connectivity index (χ3n) is 2.48. The number of benzene rings is 1. The minimum Gasteiger partial charge on any atom is -0.399 e. The Bertz CT molecular complexity index is 599. The standard InChI is InChI=1S/C11H11Cl2N5O/c1-18(4-9-15-5-16-17-9)11(19)7-2-6(14)3-8(12)10(7)13/h2-3,5H,4,14H2,1H3,(H,15,16,17). The van der Waals surface area contributed by atoms with Gasteiger partial charge in [0.05, 0.1) is 22.2 Å². The molecule has 0 aliphatic carbocycles. The number of nitrogens with zero attached hydrogens (tertiary/aromatic N) is 3. The number of rotatable bonds is 3. The number of aromatic amines is 1. The van der Waals surface area contributed by atoms with E-state index in [1.807, 2.05) is 0 Å². The van der Waals surface area contributed by atoms with Crippen LogP contribution in [0.15, 0.2) is 18.5 Å². The maximum absolute atomic E-state index is 12.3. The number of hydrogen-bond acceptors (Lipinski definition) is 4. The average molecular weight is 300 g/mol. The number of amides is 1. The summed E-state index contributed by atoms with van der Waals surface area (Å²) in [7, 11) is 1.62. The fraction of sp³-hybridized carbons (Fsp3) is 0.182. The summed E-state index contributed by atoms with van der Waals surface area (Å²) in [6.07, 6.45) is 1.37. The Hall–Kier alpha value is -1.79. The van der Waals surface area contributed by atoms with Crippen molar-refractivity contribution in [3.05, 3.63) is 39.9 Å². The summed E-state index contributed by atoms with van der Waals surface area (Å²) in [4.78, 5) is 17.6. The maximum Gasteiger partial charge on any atom is 0.255 e. The highest BCUT2D eigenvalue weighted by Crippen LogP contribution is 2.29. The molecule has 0 unspecified atom stereocenters. The molecule has 19 heavy (non-hydrogen) atoms. The topological polar surface area (TPSA) is 87.9 Å². The van der Waals surface area contributed by atoms with E-state index in [4.69, 9.17) is 28.9 Å². The first-order valence-corrected chi connectivity index (χ1v) is 6.09. The molecule has 0 bridgehead atoms. The van der Waals surface area contributed by atoms with Crippen molar-refractivity contribution in [1.82, 2.24) is 20.1 Å². The summed E-state index contributed by atoms with van der Waals surface area (Å²) < 4.78 is 0. The molecule has 3 N–H and O–H groups in total. The highest BCUT2D eigenvalue weighted by molar-refractivity contribution is 6.44. The van der Waals surface area contributed by atoms with Crippen molar-refractivity contribution in [3.8, 4) is 0 Å². The number of anilines is 1. The normalized spacial score (nSPS) is 10.5. The second-order valence-corrected chi connectivity index (χ2v) is 4.74. The molecule has 0 spiro atoms. The highest BCUT2D eigenvalue weighted by Gasteiger charge is 2.18. The Morgan fingerprint density at radius 3 is 2.84 bits per heavy atom. The van der Waals surface area contributed by atoms with Crippen LogP contribution in [0.5, 0.6) is 0 Å². The molecular weight excluding hydrogens is 289 g/mol. The van der Waals surface area contributed by atoms with Crippen LogP contribution >= 0.6 is 23.2 Å². The van der Waals surface area contributed by atoms with Crippen molar-refractivity contribution in [2.24, 2.45) is 0 Å². The zero-order chi connectivity index (χ0) is 14.0. The lowest BCUT2D eigenvalue weighted by Crippen LogP contribution is -2.27. The van der Waals surface area contributed by atoms with Gasteiger partial charge in [-0.15, -0.1) is 0 Å². The van der Waals surface area contributed by atoms with Crippen LogP contribution in [0.4, 0.5) is 5.69 Å². The highest BCUT2D eigenvalue weighted by atomic mass is 35.5. The number of halogens is 2. The van der Waals surface area contributed by atoms with Gasteiger partial charge in [-0.05, 0) is 12.1 Å². The van der Waals surface area contributed by atoms with E-state index in [1.165, 1.54) is 23.4 Å². The van der Waals surface area contributed by atoms with Crippen molar-refractivity contribution in [1.29, 1.82) is 0 Å². The van der Waals surface area contributed by atoms with E-state index in [-0.39, 0.29) is 28.1 Å². The smallest absolute Gasteiger partial charge is 0.255 e. The molecule has 0 saturated heterocycles. The molecule has 8 heteroatoms. The van der Waals surface area contributed by atoms with Crippen molar-refractivity contribution in [2.45, 2.75) is 6.54 Å². The number of nitrogen functional groups attached to an aromatic ring is 1. The molecule has 2 rings (SSSR count). The molecule has 0 atom stereocenters. The van der Waals surface area contributed by atoms with Gasteiger partial charge in [0.15, 0.2) is 0 Å². The number of H-pyrrole nitrogens is 1. The lowest BCUT2D eigenvalue weighted by Gasteiger charge is -2.17. The molecule has 0 saturated carbocycles. The first kappa shape index (κ1) is 13.6. The monoisotopic (exact) mass is 299 g/mol. The van der Waals surface area contributed by atoms with Gasteiger partial charge in [-0.25, -0.2) is 4.98 Å². The van der Waals surface area contributed by atoms with E-state index in [2.05, 4.69) is 15.2 Å². The quantitative estimate of drug-likeness (QED) is 0.848. The molecule has 1 heterocycles. The van der Waals surface area contributed by atoms with Gasteiger partial charge in [-0.3, -0.25) is 9.89 Å². The van der Waals surface area contributed by atoms with Crippen molar-refractivity contribution in [3.63, 3.8) is 0 Å². The number of aromatic nitrogens is 3. The molecule has 0 aliphatic rings. The Labute approximate surface area is 119 Å². The zero-order valence-electron chi connectivity index (χ0n) is 10.0. The summed E-state index contributed by atoms with van der Waals surface area (Å²) in [5.41, 5.74) is 6.30. The lowest BCUT2D eigenvalue weighted by atomic mass is 10.1. The fourth-order valence-electron chi connectivity index (χ4n) is 1.57. The van der Waals surface area contributed by atoms with Crippen LogP contribution in [0.1, 0.15) is 16.2 Å². The summed E-state index contributed by atoms with van der Waals surface area (Å²) >= 11 is 11.9. The number of nitrogens with one attached hydrogen (secondary N) is 1. The number of nitrogens with two attached hydrogens (primary N) is 1. The van der Waals surface area contributed by atoms with E-state index >= 15 is 0 Å². The maximum atomic E-state index is 12.3. The second-order valence-electron chi connectivity index (χ2n) is 3.96. The van der Waals surface area contributed by atoms with Crippen LogP contribution in [-0.4, -0.2) is 33.0 Å². The van der Waals surface area contributed by atoms with Gasteiger partial charge in [0.2, 0.25) is 0 Å². The Morgan fingerprint density at radius 1 is 1.47 bits per heavy atom. The molecule has 100 valence electrons.